The van der Waals surface area contributed by atoms with Gasteiger partial charge < -0.3 is 18.9 Å². The minimum atomic E-state index is -0.132. The average Bonchev–Trinajstić information content (AvgIpc) is 3.10. The van der Waals surface area contributed by atoms with Crippen LogP contribution in [-0.2, 0) is 18.0 Å². The molecule has 0 aliphatic rings. The van der Waals surface area contributed by atoms with Gasteiger partial charge in [0.05, 0.1) is 23.0 Å². The molecule has 5 nitrogen and oxygen atoms in total. The second-order valence-electron chi connectivity index (χ2n) is 10.4. The molecule has 0 aliphatic heterocycles. The highest BCUT2D eigenvalue weighted by atomic mass is 32.2. The minimum absolute atomic E-state index is 0.132. The number of ketones is 1. The number of hydrogen-bond acceptors (Lipinski definition) is 7. The maximum absolute atomic E-state index is 13.0. The summed E-state index contributed by atoms with van der Waals surface area (Å²) in [6.07, 6.45) is 12.6. The molecule has 0 aliphatic carbocycles. The molecule has 0 radical (unpaired) electrons. The second-order valence-corrected chi connectivity index (χ2v) is 12.1. The lowest BCUT2D eigenvalue weighted by Gasteiger charge is -2.17. The van der Waals surface area contributed by atoms with Crippen molar-refractivity contribution in [3.8, 4) is 23.0 Å². The second kappa shape index (κ2) is 18.8. The van der Waals surface area contributed by atoms with Crippen LogP contribution in [0.5, 0.6) is 23.0 Å². The van der Waals surface area contributed by atoms with Crippen LogP contribution in [0.2, 0.25) is 0 Å². The van der Waals surface area contributed by atoms with Crippen LogP contribution in [0.25, 0.3) is 12.2 Å². The molecule has 7 heteroatoms. The highest BCUT2D eigenvalue weighted by Gasteiger charge is 2.15. The molecule has 0 N–H and O–H groups in total. The van der Waals surface area contributed by atoms with Gasteiger partial charge in [-0.25, -0.2) is 0 Å². The standard InChI is InChI=1S/C39H42O5S2/c1-5-21-41-38-34(43-27-29-13-9-7-10-14-29)23-31(25-36(38)45-3)17-19-33(40)20-18-32-24-35(44-28-30-15-11-8-12-16-30)39(42-22-6-2)37(26-32)46-4/h7-20,23-26H,5-6,21-22,27-28H2,1-4H3. The third-order valence-electron chi connectivity index (χ3n) is 6.78. The van der Waals surface area contributed by atoms with Gasteiger partial charge in [-0.05, 0) is 84.0 Å². The van der Waals surface area contributed by atoms with Gasteiger partial charge in [-0.2, -0.15) is 0 Å². The first-order valence-corrected chi connectivity index (χ1v) is 17.9. The van der Waals surface area contributed by atoms with E-state index in [1.807, 2.05) is 110 Å². The molecule has 240 valence electrons. The number of hydrogen-bond donors (Lipinski definition) is 0. The molecule has 4 rings (SSSR count). The number of benzene rings is 4. The Morgan fingerprint density at radius 2 is 1.02 bits per heavy atom. The van der Waals surface area contributed by atoms with Crippen LogP contribution >= 0.6 is 23.5 Å². The zero-order valence-electron chi connectivity index (χ0n) is 27.0. The maximum Gasteiger partial charge on any atom is 0.178 e. The van der Waals surface area contributed by atoms with E-state index < -0.39 is 0 Å². The van der Waals surface area contributed by atoms with Crippen molar-refractivity contribution in [2.45, 2.75) is 49.7 Å². The van der Waals surface area contributed by atoms with Crippen LogP contribution in [0.15, 0.2) is 107 Å². The van der Waals surface area contributed by atoms with Crippen LogP contribution in [0.3, 0.4) is 0 Å². The summed E-state index contributed by atoms with van der Waals surface area (Å²) < 4.78 is 24.7. The van der Waals surface area contributed by atoms with E-state index in [2.05, 4.69) is 13.8 Å². The number of rotatable bonds is 18. The average molecular weight is 655 g/mol. The predicted molar refractivity (Wildman–Crippen MR) is 193 cm³/mol. The lowest BCUT2D eigenvalue weighted by Crippen LogP contribution is -2.03. The van der Waals surface area contributed by atoms with Crippen molar-refractivity contribution in [2.75, 3.05) is 25.7 Å². The first kappa shape index (κ1) is 34.8. The Morgan fingerprint density at radius 1 is 0.609 bits per heavy atom. The SMILES string of the molecule is CCCOc1c(OCc2ccccc2)cc(C=CC(=O)C=Cc2cc(OCc3ccccc3)c(OCCC)c(SC)c2)cc1SC. The van der Waals surface area contributed by atoms with Crippen molar-refractivity contribution in [3.05, 3.63) is 119 Å². The van der Waals surface area contributed by atoms with Crippen molar-refractivity contribution < 1.29 is 23.7 Å². The fourth-order valence-corrected chi connectivity index (χ4v) is 5.68. The fourth-order valence-electron chi connectivity index (χ4n) is 4.48. The summed E-state index contributed by atoms with van der Waals surface area (Å²) in [7, 11) is 0. The Labute approximate surface area is 282 Å². The Bertz CT molecular complexity index is 1480. The summed E-state index contributed by atoms with van der Waals surface area (Å²) in [5, 5.41) is 0. The van der Waals surface area contributed by atoms with Gasteiger partial charge in [0.15, 0.2) is 28.8 Å². The van der Waals surface area contributed by atoms with E-state index in [0.717, 1.165) is 56.4 Å². The van der Waals surface area contributed by atoms with Crippen LogP contribution in [0.4, 0.5) is 0 Å². The van der Waals surface area contributed by atoms with Crippen molar-refractivity contribution >= 4 is 41.5 Å². The number of ether oxygens (including phenoxy) is 4. The van der Waals surface area contributed by atoms with Crippen molar-refractivity contribution in [1.29, 1.82) is 0 Å². The molecular formula is C39H42O5S2. The van der Waals surface area contributed by atoms with Gasteiger partial charge in [0.25, 0.3) is 0 Å². The highest BCUT2D eigenvalue weighted by Crippen LogP contribution is 2.40. The fraction of sp³-hybridized carbons (Fsp3) is 0.256. The Kier molecular flexibility index (Phi) is 14.2. The van der Waals surface area contributed by atoms with Gasteiger partial charge in [0.1, 0.15) is 13.2 Å². The third-order valence-corrected chi connectivity index (χ3v) is 8.27. The van der Waals surface area contributed by atoms with E-state index in [0.29, 0.717) is 37.9 Å². The number of carbonyl (C=O) groups is 1. The molecule has 4 aromatic carbocycles. The highest BCUT2D eigenvalue weighted by molar-refractivity contribution is 7.99. The molecule has 0 unspecified atom stereocenters. The summed E-state index contributed by atoms with van der Waals surface area (Å²) in [4.78, 5) is 14.9. The van der Waals surface area contributed by atoms with Gasteiger partial charge in [0.2, 0.25) is 0 Å². The molecular weight excluding hydrogens is 613 g/mol. The quantitative estimate of drug-likeness (QED) is 0.0782. The Hall–Kier alpha value is -4.07. The molecule has 0 aromatic heterocycles. The lowest BCUT2D eigenvalue weighted by molar-refractivity contribution is -0.110. The number of thioether (sulfide) groups is 2. The van der Waals surface area contributed by atoms with Crippen LogP contribution in [0, 0.1) is 0 Å². The lowest BCUT2D eigenvalue weighted by atomic mass is 10.1. The van der Waals surface area contributed by atoms with Gasteiger partial charge in [-0.3, -0.25) is 4.79 Å². The van der Waals surface area contributed by atoms with Gasteiger partial charge in [0, 0.05) is 0 Å². The summed E-state index contributed by atoms with van der Waals surface area (Å²) in [5.41, 5.74) is 3.85. The summed E-state index contributed by atoms with van der Waals surface area (Å²) in [5.74, 6) is 2.65. The summed E-state index contributed by atoms with van der Waals surface area (Å²) >= 11 is 3.18. The Morgan fingerprint density at radius 3 is 1.39 bits per heavy atom. The van der Waals surface area contributed by atoms with Crippen molar-refractivity contribution in [2.24, 2.45) is 0 Å². The zero-order valence-corrected chi connectivity index (χ0v) is 28.6. The third kappa shape index (κ3) is 10.5. The van der Waals surface area contributed by atoms with Crippen LogP contribution in [-0.4, -0.2) is 31.5 Å². The smallest absolute Gasteiger partial charge is 0.178 e. The maximum atomic E-state index is 13.0. The first-order chi connectivity index (χ1) is 22.5. The van der Waals surface area contributed by atoms with Crippen molar-refractivity contribution in [1.82, 2.24) is 0 Å². The van der Waals surface area contributed by atoms with Crippen LogP contribution < -0.4 is 18.9 Å². The first-order valence-electron chi connectivity index (χ1n) is 15.5. The number of allylic oxidation sites excluding steroid dienone is 2. The molecule has 0 fully saturated rings. The van der Waals surface area contributed by atoms with Gasteiger partial charge in [-0.1, -0.05) is 86.7 Å². The molecule has 0 bridgehead atoms. The van der Waals surface area contributed by atoms with E-state index in [4.69, 9.17) is 18.9 Å². The van der Waals surface area contributed by atoms with E-state index in [1.165, 1.54) is 0 Å². The van der Waals surface area contributed by atoms with Gasteiger partial charge >= 0.3 is 0 Å². The van der Waals surface area contributed by atoms with Crippen molar-refractivity contribution in [3.63, 3.8) is 0 Å². The van der Waals surface area contributed by atoms with E-state index in [1.54, 1.807) is 35.7 Å². The summed E-state index contributed by atoms with van der Waals surface area (Å²) in [6, 6.07) is 28.0. The van der Waals surface area contributed by atoms with E-state index in [-0.39, 0.29) is 5.78 Å². The molecule has 0 saturated carbocycles. The zero-order chi connectivity index (χ0) is 32.6. The van der Waals surface area contributed by atoms with Gasteiger partial charge in [-0.15, -0.1) is 23.5 Å². The van der Waals surface area contributed by atoms with E-state index in [9.17, 15) is 4.79 Å². The predicted octanol–water partition coefficient (Wildman–Crippen LogP) is 10.2. The molecule has 0 spiro atoms. The largest absolute Gasteiger partial charge is 0.489 e. The van der Waals surface area contributed by atoms with Crippen LogP contribution in [0.1, 0.15) is 48.9 Å². The normalized spacial score (nSPS) is 11.2. The van der Waals surface area contributed by atoms with E-state index >= 15 is 0 Å². The number of carbonyl (C=O) groups excluding carboxylic acids is 1. The summed E-state index contributed by atoms with van der Waals surface area (Å²) in [6.45, 7) is 6.18. The minimum Gasteiger partial charge on any atom is -0.489 e. The molecule has 0 amide bonds. The molecule has 0 heterocycles. The molecule has 0 atom stereocenters. The molecule has 46 heavy (non-hydrogen) atoms. The monoisotopic (exact) mass is 654 g/mol. The topological polar surface area (TPSA) is 54.0 Å². The molecule has 0 saturated heterocycles. The molecule has 4 aromatic rings. The Balaban J connectivity index is 1.54.